The van der Waals surface area contributed by atoms with Crippen molar-refractivity contribution in [2.45, 2.75) is 25.4 Å². The number of phenolic OH excluding ortho intramolecular Hbond substituents is 3. The molecule has 24 heavy (non-hydrogen) atoms. The molecule has 0 spiro atoms. The standard InChI is InChI=1S/C18H23NO4.ClH/c20-15-7-4-13(5-8-15)3-1-2-10-19-12-18(23)14-6-9-16(21)17(22)11-14;/h4-9,11,18-23H,1-3,10,12H2;1H/t18-;/m0./s1. The second-order valence-corrected chi connectivity index (χ2v) is 5.59. The van der Waals surface area contributed by atoms with E-state index >= 15 is 0 Å². The Labute approximate surface area is 149 Å². The van der Waals surface area contributed by atoms with Crippen LogP contribution in [-0.4, -0.2) is 33.5 Å². The van der Waals surface area contributed by atoms with Crippen LogP contribution in [0.25, 0.3) is 0 Å². The maximum atomic E-state index is 10.0. The number of aliphatic hydroxyl groups is 1. The molecule has 2 aromatic rings. The summed E-state index contributed by atoms with van der Waals surface area (Å²) in [5.74, 6) is -0.136. The molecule has 0 aliphatic heterocycles. The summed E-state index contributed by atoms with van der Waals surface area (Å²) < 4.78 is 0. The van der Waals surface area contributed by atoms with Crippen LogP contribution in [0.5, 0.6) is 17.2 Å². The van der Waals surface area contributed by atoms with E-state index in [1.54, 1.807) is 18.2 Å². The van der Waals surface area contributed by atoms with Crippen LogP contribution in [0.15, 0.2) is 42.5 Å². The van der Waals surface area contributed by atoms with Gasteiger partial charge in [0.15, 0.2) is 11.5 Å². The van der Waals surface area contributed by atoms with Crippen LogP contribution in [-0.2, 0) is 6.42 Å². The fourth-order valence-electron chi connectivity index (χ4n) is 2.35. The van der Waals surface area contributed by atoms with Crippen molar-refractivity contribution < 1.29 is 34.3 Å². The number of benzene rings is 2. The van der Waals surface area contributed by atoms with E-state index in [9.17, 15) is 20.4 Å². The van der Waals surface area contributed by atoms with Crippen LogP contribution < -0.4 is 17.7 Å². The summed E-state index contributed by atoms with van der Waals surface area (Å²) >= 11 is 0. The highest BCUT2D eigenvalue weighted by molar-refractivity contribution is 5.41. The third kappa shape index (κ3) is 6.28. The van der Waals surface area contributed by atoms with Gasteiger partial charge in [-0.15, -0.1) is 0 Å². The van der Waals surface area contributed by atoms with Crippen molar-refractivity contribution in [1.82, 2.24) is 5.32 Å². The molecular weight excluding hydrogens is 330 g/mol. The van der Waals surface area contributed by atoms with Crippen LogP contribution in [0.1, 0.15) is 31.5 Å². The average Bonchev–Trinajstić information content (AvgIpc) is 2.54. The number of halogens is 1. The summed E-state index contributed by atoms with van der Waals surface area (Å²) in [6.45, 7) is 1.18. The number of aliphatic hydroxyl groups excluding tert-OH is 1. The van der Waals surface area contributed by atoms with Gasteiger partial charge in [-0.05, 0) is 61.2 Å². The summed E-state index contributed by atoms with van der Waals surface area (Å²) in [7, 11) is 0. The van der Waals surface area contributed by atoms with Crippen LogP contribution in [0, 0.1) is 0 Å². The first-order chi connectivity index (χ1) is 11.1. The number of aryl methyl sites for hydroxylation is 1. The molecule has 0 amide bonds. The van der Waals surface area contributed by atoms with E-state index in [4.69, 9.17) is 0 Å². The number of phenols is 3. The summed E-state index contributed by atoms with van der Waals surface area (Å²) in [5, 5.41) is 41.1. The Balaban J connectivity index is 0.00000288. The lowest BCUT2D eigenvalue weighted by Crippen LogP contribution is -3.00. The van der Waals surface area contributed by atoms with E-state index in [1.165, 1.54) is 17.7 Å². The Kier molecular flexibility index (Phi) is 8.40. The Bertz CT molecular complexity index is 625. The van der Waals surface area contributed by atoms with Crippen molar-refractivity contribution >= 4 is 0 Å². The topological polar surface area (TPSA) is 93.0 Å². The zero-order valence-corrected chi connectivity index (χ0v) is 14.1. The molecule has 5 nitrogen and oxygen atoms in total. The van der Waals surface area contributed by atoms with Gasteiger partial charge in [0.2, 0.25) is 0 Å². The zero-order chi connectivity index (χ0) is 16.7. The van der Waals surface area contributed by atoms with Crippen molar-refractivity contribution in [3.63, 3.8) is 0 Å². The normalized spacial score (nSPS) is 11.7. The molecule has 6 heteroatoms. The fourth-order valence-corrected chi connectivity index (χ4v) is 2.35. The van der Waals surface area contributed by atoms with Crippen LogP contribution in [0.4, 0.5) is 0 Å². The Morgan fingerprint density at radius 2 is 1.62 bits per heavy atom. The van der Waals surface area contributed by atoms with Gasteiger partial charge in [-0.3, -0.25) is 0 Å². The van der Waals surface area contributed by atoms with E-state index in [1.807, 2.05) is 12.1 Å². The minimum Gasteiger partial charge on any atom is -1.00 e. The van der Waals surface area contributed by atoms with Gasteiger partial charge in [-0.2, -0.15) is 0 Å². The van der Waals surface area contributed by atoms with Gasteiger partial charge in [0.1, 0.15) is 5.75 Å². The third-order valence-corrected chi connectivity index (χ3v) is 3.73. The van der Waals surface area contributed by atoms with E-state index in [2.05, 4.69) is 5.32 Å². The van der Waals surface area contributed by atoms with Crippen LogP contribution >= 0.6 is 0 Å². The lowest BCUT2D eigenvalue weighted by Gasteiger charge is -2.13. The van der Waals surface area contributed by atoms with Gasteiger partial charge in [-0.25, -0.2) is 0 Å². The fraction of sp³-hybridized carbons (Fsp3) is 0.333. The van der Waals surface area contributed by atoms with Gasteiger partial charge in [-0.1, -0.05) is 18.2 Å². The third-order valence-electron chi connectivity index (χ3n) is 3.73. The molecule has 0 fully saturated rings. The smallest absolute Gasteiger partial charge is 1.00 e. The Morgan fingerprint density at radius 1 is 0.917 bits per heavy atom. The Hall–Kier alpha value is -1.95. The molecule has 0 saturated carbocycles. The summed E-state index contributed by atoms with van der Waals surface area (Å²) in [4.78, 5) is 0. The molecule has 1 atom stereocenters. The maximum absolute atomic E-state index is 10.0. The first-order valence-corrected chi connectivity index (χ1v) is 7.75. The molecule has 0 saturated heterocycles. The lowest BCUT2D eigenvalue weighted by atomic mass is 10.1. The number of hydrogen-bond acceptors (Lipinski definition) is 5. The van der Waals surface area contributed by atoms with Crippen molar-refractivity contribution in [2.24, 2.45) is 0 Å². The molecule has 0 unspecified atom stereocenters. The van der Waals surface area contributed by atoms with E-state index in [-0.39, 0.29) is 31.1 Å². The molecule has 5 N–H and O–H groups in total. The molecule has 0 aliphatic carbocycles. The van der Waals surface area contributed by atoms with Gasteiger partial charge >= 0.3 is 1.43 Å². The molecule has 132 valence electrons. The number of hydrogen-bond donors (Lipinski definition) is 5. The largest absolute Gasteiger partial charge is 1.00 e. The predicted octanol–water partition coefficient (Wildman–Crippen LogP) is -0.434. The lowest BCUT2D eigenvalue weighted by molar-refractivity contribution is -0.00000914. The maximum Gasteiger partial charge on any atom is 1.00 e. The second kappa shape index (κ2) is 10.0. The molecule has 2 aromatic carbocycles. The minimum atomic E-state index is -0.724. The first-order valence-electron chi connectivity index (χ1n) is 7.75. The zero-order valence-electron chi connectivity index (χ0n) is 14.3. The predicted molar refractivity (Wildman–Crippen MR) is 89.8 cm³/mol. The highest BCUT2D eigenvalue weighted by atomic mass is 35.5. The second-order valence-electron chi connectivity index (χ2n) is 5.59. The first kappa shape index (κ1) is 20.1. The number of rotatable bonds is 8. The van der Waals surface area contributed by atoms with Crippen molar-refractivity contribution in [1.29, 1.82) is 0 Å². The van der Waals surface area contributed by atoms with Gasteiger partial charge in [0.05, 0.1) is 6.10 Å². The number of nitrogens with one attached hydrogen (secondary N) is 1. The SMILES string of the molecule is Oc1ccc(CCCCNC[C@H](O)c2ccc(O)c(O)c2)cc1.[Cl-].[H+]. The van der Waals surface area contributed by atoms with Crippen molar-refractivity contribution in [3.05, 3.63) is 53.6 Å². The monoisotopic (exact) mass is 353 g/mol. The van der Waals surface area contributed by atoms with E-state index < -0.39 is 6.10 Å². The molecular formula is C18H24ClNO4. The number of unbranched alkanes of at least 4 members (excludes halogenated alkanes) is 1. The summed E-state index contributed by atoms with van der Waals surface area (Å²) in [5.41, 5.74) is 1.76. The highest BCUT2D eigenvalue weighted by Crippen LogP contribution is 2.27. The van der Waals surface area contributed by atoms with Gasteiger partial charge in [0, 0.05) is 6.54 Å². The van der Waals surface area contributed by atoms with Crippen LogP contribution in [0.2, 0.25) is 0 Å². The highest BCUT2D eigenvalue weighted by Gasteiger charge is 2.09. The average molecular weight is 354 g/mol. The van der Waals surface area contributed by atoms with Crippen molar-refractivity contribution in [3.8, 4) is 17.2 Å². The van der Waals surface area contributed by atoms with Crippen LogP contribution in [0.3, 0.4) is 0 Å². The molecule has 0 heterocycles. The van der Waals surface area contributed by atoms with Crippen molar-refractivity contribution in [2.75, 3.05) is 13.1 Å². The molecule has 0 aliphatic rings. The minimum absolute atomic E-state index is 0. The summed E-state index contributed by atoms with van der Waals surface area (Å²) in [6, 6.07) is 11.5. The van der Waals surface area contributed by atoms with Gasteiger partial charge in [0.25, 0.3) is 0 Å². The molecule has 0 radical (unpaired) electrons. The molecule has 2 rings (SSSR count). The van der Waals surface area contributed by atoms with E-state index in [0.717, 1.165) is 25.8 Å². The quantitative estimate of drug-likeness (QED) is 0.328. The van der Waals surface area contributed by atoms with Gasteiger partial charge < -0.3 is 38.1 Å². The molecule has 0 aromatic heterocycles. The Morgan fingerprint density at radius 3 is 2.29 bits per heavy atom. The molecule has 0 bridgehead atoms. The number of aromatic hydroxyl groups is 3. The summed E-state index contributed by atoms with van der Waals surface area (Å²) in [6.07, 6.45) is 2.23. The van der Waals surface area contributed by atoms with E-state index in [0.29, 0.717) is 12.1 Å².